The van der Waals surface area contributed by atoms with Crippen molar-refractivity contribution in [2.45, 2.75) is 53.0 Å². The summed E-state index contributed by atoms with van der Waals surface area (Å²) in [6, 6.07) is 0. The number of nitrogens with zero attached hydrogens (tertiary/aromatic N) is 2. The predicted octanol–water partition coefficient (Wildman–Crippen LogP) is 2.09. The largest absolute Gasteiger partial charge is 0.296 e. The second kappa shape index (κ2) is 4.40. The van der Waals surface area contributed by atoms with Gasteiger partial charge in [0.1, 0.15) is 5.82 Å². The second-order valence-corrected chi connectivity index (χ2v) is 5.10. The third-order valence-corrected chi connectivity index (χ3v) is 3.18. The Morgan fingerprint density at radius 3 is 2.69 bits per heavy atom. The van der Waals surface area contributed by atoms with Gasteiger partial charge in [-0.25, -0.2) is 4.98 Å². The smallest absolute Gasteiger partial charge is 0.256 e. The van der Waals surface area contributed by atoms with Gasteiger partial charge in [0.2, 0.25) is 0 Å². The van der Waals surface area contributed by atoms with Crippen molar-refractivity contribution in [3.63, 3.8) is 0 Å². The molecular formula is C13H20N2O. The molecule has 1 heterocycles. The van der Waals surface area contributed by atoms with Gasteiger partial charge in [0, 0.05) is 12.1 Å². The summed E-state index contributed by atoms with van der Waals surface area (Å²) >= 11 is 0. The van der Waals surface area contributed by atoms with Crippen molar-refractivity contribution in [3.8, 4) is 0 Å². The molecule has 2 rings (SSSR count). The normalized spacial score (nSPS) is 15.2. The molecule has 3 nitrogen and oxygen atoms in total. The highest BCUT2D eigenvalue weighted by Crippen LogP contribution is 2.16. The van der Waals surface area contributed by atoms with Crippen molar-refractivity contribution in [2.75, 3.05) is 0 Å². The van der Waals surface area contributed by atoms with Crippen LogP contribution in [0.25, 0.3) is 0 Å². The standard InChI is InChI=1S/C13H20N2O/c1-9(2)8-15-10(3)14-12-7-5-4-6-11(12)13(15)16/h9H,4-8H2,1-3H3. The van der Waals surface area contributed by atoms with Crippen molar-refractivity contribution in [2.24, 2.45) is 5.92 Å². The zero-order valence-electron chi connectivity index (χ0n) is 10.4. The molecule has 1 aliphatic carbocycles. The number of fused-ring (bicyclic) bond motifs is 1. The number of aryl methyl sites for hydroxylation is 2. The first-order valence-corrected chi connectivity index (χ1v) is 6.18. The zero-order chi connectivity index (χ0) is 11.7. The van der Waals surface area contributed by atoms with Crippen LogP contribution in [0.2, 0.25) is 0 Å². The maximum Gasteiger partial charge on any atom is 0.256 e. The number of hydrogen-bond acceptors (Lipinski definition) is 2. The number of hydrogen-bond donors (Lipinski definition) is 0. The lowest BCUT2D eigenvalue weighted by atomic mass is 9.97. The molecule has 0 atom stereocenters. The molecule has 0 saturated carbocycles. The van der Waals surface area contributed by atoms with Gasteiger partial charge in [-0.3, -0.25) is 9.36 Å². The molecule has 0 amide bonds. The van der Waals surface area contributed by atoms with E-state index in [0.717, 1.165) is 42.9 Å². The van der Waals surface area contributed by atoms with E-state index in [2.05, 4.69) is 18.8 Å². The summed E-state index contributed by atoms with van der Waals surface area (Å²) < 4.78 is 1.84. The quantitative estimate of drug-likeness (QED) is 0.765. The summed E-state index contributed by atoms with van der Waals surface area (Å²) in [6.45, 7) is 6.99. The third-order valence-electron chi connectivity index (χ3n) is 3.18. The van der Waals surface area contributed by atoms with Gasteiger partial charge in [-0.2, -0.15) is 0 Å². The minimum absolute atomic E-state index is 0.205. The first-order chi connectivity index (χ1) is 7.59. The van der Waals surface area contributed by atoms with E-state index in [1.807, 2.05) is 11.5 Å². The monoisotopic (exact) mass is 220 g/mol. The molecule has 0 radical (unpaired) electrons. The molecule has 0 fully saturated rings. The predicted molar refractivity (Wildman–Crippen MR) is 64.7 cm³/mol. The Morgan fingerprint density at radius 1 is 1.31 bits per heavy atom. The summed E-state index contributed by atoms with van der Waals surface area (Å²) in [5, 5.41) is 0. The van der Waals surface area contributed by atoms with Crippen LogP contribution in [0.15, 0.2) is 4.79 Å². The van der Waals surface area contributed by atoms with E-state index in [1.165, 1.54) is 6.42 Å². The van der Waals surface area contributed by atoms with Crippen LogP contribution in [0.3, 0.4) is 0 Å². The van der Waals surface area contributed by atoms with Crippen molar-refractivity contribution in [3.05, 3.63) is 27.4 Å². The molecule has 0 bridgehead atoms. The number of rotatable bonds is 2. The maximum absolute atomic E-state index is 12.3. The first-order valence-electron chi connectivity index (χ1n) is 6.18. The molecule has 1 aliphatic rings. The first kappa shape index (κ1) is 11.4. The van der Waals surface area contributed by atoms with E-state index >= 15 is 0 Å². The fourth-order valence-corrected chi connectivity index (χ4v) is 2.39. The highest BCUT2D eigenvalue weighted by atomic mass is 16.1. The summed E-state index contributed by atoms with van der Waals surface area (Å²) in [6.07, 6.45) is 4.20. The minimum atomic E-state index is 0.205. The summed E-state index contributed by atoms with van der Waals surface area (Å²) in [4.78, 5) is 16.9. The van der Waals surface area contributed by atoms with Gasteiger partial charge >= 0.3 is 0 Å². The molecule has 0 aliphatic heterocycles. The van der Waals surface area contributed by atoms with Gasteiger partial charge in [-0.1, -0.05) is 13.8 Å². The van der Waals surface area contributed by atoms with Crippen LogP contribution in [0.5, 0.6) is 0 Å². The summed E-state index contributed by atoms with van der Waals surface area (Å²) in [5.74, 6) is 1.36. The lowest BCUT2D eigenvalue weighted by Gasteiger charge is -2.19. The van der Waals surface area contributed by atoms with Crippen LogP contribution in [-0.2, 0) is 19.4 Å². The van der Waals surface area contributed by atoms with Gasteiger partial charge < -0.3 is 0 Å². The molecular weight excluding hydrogens is 200 g/mol. The van der Waals surface area contributed by atoms with Crippen LogP contribution in [0.1, 0.15) is 43.8 Å². The fourth-order valence-electron chi connectivity index (χ4n) is 2.39. The Hall–Kier alpha value is -1.12. The summed E-state index contributed by atoms with van der Waals surface area (Å²) in [7, 11) is 0. The Bertz CT molecular complexity index is 446. The Labute approximate surface area is 96.5 Å². The van der Waals surface area contributed by atoms with Crippen LogP contribution < -0.4 is 5.56 Å². The lowest BCUT2D eigenvalue weighted by molar-refractivity contribution is 0.483. The van der Waals surface area contributed by atoms with Crippen LogP contribution in [0, 0.1) is 12.8 Å². The molecule has 0 saturated heterocycles. The Kier molecular flexibility index (Phi) is 3.13. The van der Waals surface area contributed by atoms with Crippen molar-refractivity contribution >= 4 is 0 Å². The van der Waals surface area contributed by atoms with Gasteiger partial charge in [-0.15, -0.1) is 0 Å². The van der Waals surface area contributed by atoms with Crippen LogP contribution in [0.4, 0.5) is 0 Å². The van der Waals surface area contributed by atoms with E-state index in [4.69, 9.17) is 0 Å². The molecule has 0 N–H and O–H groups in total. The SMILES string of the molecule is Cc1nc2c(c(=O)n1CC(C)C)CCCC2. The molecule has 88 valence electrons. The molecule has 0 aromatic carbocycles. The molecule has 1 aromatic rings. The van der Waals surface area contributed by atoms with Gasteiger partial charge in [0.25, 0.3) is 5.56 Å². The Balaban J connectivity index is 2.50. The molecule has 0 unspecified atom stereocenters. The van der Waals surface area contributed by atoms with E-state index in [-0.39, 0.29) is 5.56 Å². The average molecular weight is 220 g/mol. The topological polar surface area (TPSA) is 34.9 Å². The lowest BCUT2D eigenvalue weighted by Crippen LogP contribution is -2.31. The fraction of sp³-hybridized carbons (Fsp3) is 0.692. The highest BCUT2D eigenvalue weighted by molar-refractivity contribution is 5.21. The van der Waals surface area contributed by atoms with Gasteiger partial charge in [-0.05, 0) is 38.5 Å². The minimum Gasteiger partial charge on any atom is -0.296 e. The highest BCUT2D eigenvalue weighted by Gasteiger charge is 2.17. The average Bonchev–Trinajstić information content (AvgIpc) is 2.24. The van der Waals surface area contributed by atoms with Crippen LogP contribution in [-0.4, -0.2) is 9.55 Å². The Morgan fingerprint density at radius 2 is 2.00 bits per heavy atom. The van der Waals surface area contributed by atoms with Gasteiger partial charge in [0.15, 0.2) is 0 Å². The summed E-state index contributed by atoms with van der Waals surface area (Å²) in [5.41, 5.74) is 2.22. The van der Waals surface area contributed by atoms with E-state index < -0.39 is 0 Å². The van der Waals surface area contributed by atoms with Crippen molar-refractivity contribution < 1.29 is 0 Å². The third kappa shape index (κ3) is 2.04. The van der Waals surface area contributed by atoms with E-state index in [0.29, 0.717) is 5.92 Å². The van der Waals surface area contributed by atoms with E-state index in [9.17, 15) is 4.79 Å². The number of aromatic nitrogens is 2. The molecule has 0 spiro atoms. The maximum atomic E-state index is 12.3. The molecule has 3 heteroatoms. The van der Waals surface area contributed by atoms with Crippen molar-refractivity contribution in [1.29, 1.82) is 0 Å². The zero-order valence-corrected chi connectivity index (χ0v) is 10.4. The van der Waals surface area contributed by atoms with Crippen LogP contribution >= 0.6 is 0 Å². The second-order valence-electron chi connectivity index (χ2n) is 5.10. The van der Waals surface area contributed by atoms with Crippen molar-refractivity contribution in [1.82, 2.24) is 9.55 Å². The van der Waals surface area contributed by atoms with E-state index in [1.54, 1.807) is 0 Å². The molecule has 16 heavy (non-hydrogen) atoms. The molecule has 1 aromatic heterocycles. The van der Waals surface area contributed by atoms with Gasteiger partial charge in [0.05, 0.1) is 5.69 Å².